The van der Waals surface area contributed by atoms with Gasteiger partial charge in [0.1, 0.15) is 5.75 Å². The van der Waals surface area contributed by atoms with E-state index >= 15 is 0 Å². The van der Waals surface area contributed by atoms with Gasteiger partial charge in [0, 0.05) is 56.0 Å². The van der Waals surface area contributed by atoms with Gasteiger partial charge in [-0.2, -0.15) is 11.3 Å². The van der Waals surface area contributed by atoms with E-state index in [9.17, 15) is 10.2 Å². The van der Waals surface area contributed by atoms with Gasteiger partial charge in [-0.25, -0.2) is 0 Å². The molecule has 0 spiro atoms. The Kier molecular flexibility index (Phi) is 6.14. The van der Waals surface area contributed by atoms with E-state index < -0.39 is 0 Å². The first-order valence-electron chi connectivity index (χ1n) is 8.21. The van der Waals surface area contributed by atoms with Crippen LogP contribution in [0.1, 0.15) is 17.5 Å². The van der Waals surface area contributed by atoms with Crippen molar-refractivity contribution in [1.29, 1.82) is 0 Å². The second kappa shape index (κ2) is 8.32. The average Bonchev–Trinajstić information content (AvgIpc) is 3.07. The summed E-state index contributed by atoms with van der Waals surface area (Å²) in [4.78, 5) is 4.78. The number of aromatic hydroxyl groups is 1. The predicted octanol–water partition coefficient (Wildman–Crippen LogP) is 3.18. The summed E-state index contributed by atoms with van der Waals surface area (Å²) in [6, 6.07) is 7.67. The number of piperazine rings is 1. The molecule has 0 amide bonds. The lowest BCUT2D eigenvalue weighted by molar-refractivity contribution is 0.0497. The molecule has 4 nitrogen and oxygen atoms in total. The van der Waals surface area contributed by atoms with Crippen LogP contribution in [0, 0.1) is 0 Å². The monoisotopic (exact) mass is 366 g/mol. The Balaban J connectivity index is 1.64. The quantitative estimate of drug-likeness (QED) is 0.824. The van der Waals surface area contributed by atoms with E-state index in [0.717, 1.165) is 38.2 Å². The summed E-state index contributed by atoms with van der Waals surface area (Å²) in [5.41, 5.74) is 2.19. The van der Waals surface area contributed by atoms with E-state index in [1.807, 2.05) is 6.07 Å². The molecular weight excluding hydrogens is 344 g/mol. The van der Waals surface area contributed by atoms with Gasteiger partial charge >= 0.3 is 0 Å². The van der Waals surface area contributed by atoms with Crippen LogP contribution < -0.4 is 0 Å². The van der Waals surface area contributed by atoms with Crippen LogP contribution in [0.2, 0.25) is 5.02 Å². The SMILES string of the molecule is OCCC1CN(Cc2cc(Cl)ccc2O)CCN1Cc1ccsc1. The Morgan fingerprint density at radius 3 is 2.83 bits per heavy atom. The Morgan fingerprint density at radius 1 is 1.21 bits per heavy atom. The number of thiophene rings is 1. The third-order valence-electron chi connectivity index (χ3n) is 4.55. The largest absolute Gasteiger partial charge is 0.508 e. The number of hydrogen-bond acceptors (Lipinski definition) is 5. The Bertz CT molecular complexity index is 650. The standard InChI is InChI=1S/C18H23ClN2O2S/c19-16-1-2-18(23)15(9-16)11-20-5-6-21(17(12-20)3-7-22)10-14-4-8-24-13-14/h1-2,4,8-9,13,17,22-23H,3,5-7,10-12H2. The number of aliphatic hydroxyl groups is 1. The Morgan fingerprint density at radius 2 is 2.08 bits per heavy atom. The van der Waals surface area contributed by atoms with Crippen LogP contribution in [0.3, 0.4) is 0 Å². The predicted molar refractivity (Wildman–Crippen MR) is 98.6 cm³/mol. The van der Waals surface area contributed by atoms with Crippen molar-refractivity contribution >= 4 is 22.9 Å². The van der Waals surface area contributed by atoms with Crippen molar-refractivity contribution in [2.45, 2.75) is 25.6 Å². The highest BCUT2D eigenvalue weighted by molar-refractivity contribution is 7.07. The van der Waals surface area contributed by atoms with Crippen molar-refractivity contribution in [3.63, 3.8) is 0 Å². The van der Waals surface area contributed by atoms with Crippen LogP contribution in [0.15, 0.2) is 35.0 Å². The molecule has 24 heavy (non-hydrogen) atoms. The third kappa shape index (κ3) is 4.49. The van der Waals surface area contributed by atoms with Gasteiger partial charge in [0.25, 0.3) is 0 Å². The zero-order valence-electron chi connectivity index (χ0n) is 13.6. The van der Waals surface area contributed by atoms with Crippen LogP contribution in [-0.2, 0) is 13.1 Å². The van der Waals surface area contributed by atoms with Crippen LogP contribution in [0.4, 0.5) is 0 Å². The summed E-state index contributed by atoms with van der Waals surface area (Å²) in [6.45, 7) is 4.60. The summed E-state index contributed by atoms with van der Waals surface area (Å²) >= 11 is 7.77. The van der Waals surface area contributed by atoms with Gasteiger partial charge in [-0.15, -0.1) is 0 Å². The van der Waals surface area contributed by atoms with Crippen molar-refractivity contribution in [1.82, 2.24) is 9.80 Å². The molecule has 2 aromatic rings. The number of phenolic OH excluding ortho intramolecular Hbond substituents is 1. The molecule has 130 valence electrons. The molecule has 1 aliphatic heterocycles. The molecule has 3 rings (SSSR count). The van der Waals surface area contributed by atoms with Crippen LogP contribution in [0.5, 0.6) is 5.75 Å². The molecule has 1 aromatic heterocycles. The fourth-order valence-corrected chi connectivity index (χ4v) is 4.13. The maximum absolute atomic E-state index is 10.0. The molecular formula is C18H23ClN2O2S. The van der Waals surface area contributed by atoms with Gasteiger partial charge in [0.05, 0.1) is 0 Å². The van der Waals surface area contributed by atoms with Crippen molar-refractivity contribution in [3.8, 4) is 5.75 Å². The zero-order chi connectivity index (χ0) is 16.9. The highest BCUT2D eigenvalue weighted by Crippen LogP contribution is 2.25. The van der Waals surface area contributed by atoms with Gasteiger partial charge in [-0.3, -0.25) is 9.80 Å². The van der Waals surface area contributed by atoms with Crippen molar-refractivity contribution in [3.05, 3.63) is 51.2 Å². The molecule has 0 radical (unpaired) electrons. The maximum atomic E-state index is 10.0. The number of hydrogen-bond donors (Lipinski definition) is 2. The fourth-order valence-electron chi connectivity index (χ4n) is 3.27. The number of aliphatic hydroxyl groups excluding tert-OH is 1. The lowest BCUT2D eigenvalue weighted by Crippen LogP contribution is -2.52. The topological polar surface area (TPSA) is 46.9 Å². The van der Waals surface area contributed by atoms with Crippen molar-refractivity contribution in [2.75, 3.05) is 26.2 Å². The third-order valence-corrected chi connectivity index (χ3v) is 5.52. The highest BCUT2D eigenvalue weighted by atomic mass is 35.5. The molecule has 2 heterocycles. The summed E-state index contributed by atoms with van der Waals surface area (Å²) in [7, 11) is 0. The zero-order valence-corrected chi connectivity index (χ0v) is 15.1. The number of phenols is 1. The molecule has 1 aromatic carbocycles. The van der Waals surface area contributed by atoms with Gasteiger partial charge < -0.3 is 10.2 Å². The molecule has 0 bridgehead atoms. The van der Waals surface area contributed by atoms with Gasteiger partial charge in [0.15, 0.2) is 0 Å². The maximum Gasteiger partial charge on any atom is 0.120 e. The molecule has 1 atom stereocenters. The van der Waals surface area contributed by atoms with Crippen LogP contribution >= 0.6 is 22.9 Å². The van der Waals surface area contributed by atoms with Crippen molar-refractivity contribution in [2.24, 2.45) is 0 Å². The number of benzene rings is 1. The van der Waals surface area contributed by atoms with E-state index in [4.69, 9.17) is 11.6 Å². The summed E-state index contributed by atoms with van der Waals surface area (Å²) in [6.07, 6.45) is 0.766. The first kappa shape index (κ1) is 17.7. The van der Waals surface area contributed by atoms with Gasteiger partial charge in [-0.05, 0) is 47.0 Å². The molecule has 1 aliphatic rings. The molecule has 1 unspecified atom stereocenters. The van der Waals surface area contributed by atoms with E-state index in [-0.39, 0.29) is 6.61 Å². The lowest BCUT2D eigenvalue weighted by Gasteiger charge is -2.41. The second-order valence-electron chi connectivity index (χ2n) is 6.28. The van der Waals surface area contributed by atoms with E-state index in [1.54, 1.807) is 23.5 Å². The summed E-state index contributed by atoms with van der Waals surface area (Å²) in [5, 5.41) is 24.4. The highest BCUT2D eigenvalue weighted by Gasteiger charge is 2.27. The Labute approximate surface area is 151 Å². The number of nitrogens with zero attached hydrogens (tertiary/aromatic N) is 2. The van der Waals surface area contributed by atoms with E-state index in [0.29, 0.717) is 23.4 Å². The first-order valence-corrected chi connectivity index (χ1v) is 9.53. The molecule has 2 N–H and O–H groups in total. The van der Waals surface area contributed by atoms with Gasteiger partial charge in [-0.1, -0.05) is 11.6 Å². The van der Waals surface area contributed by atoms with E-state index in [1.165, 1.54) is 5.56 Å². The summed E-state index contributed by atoms with van der Waals surface area (Å²) in [5.74, 6) is 0.291. The summed E-state index contributed by atoms with van der Waals surface area (Å²) < 4.78 is 0. The average molecular weight is 367 g/mol. The smallest absolute Gasteiger partial charge is 0.120 e. The molecule has 1 saturated heterocycles. The van der Waals surface area contributed by atoms with Crippen LogP contribution in [0.25, 0.3) is 0 Å². The minimum absolute atomic E-state index is 0.195. The molecule has 1 fully saturated rings. The minimum atomic E-state index is 0.195. The minimum Gasteiger partial charge on any atom is -0.508 e. The Hall–Kier alpha value is -1.11. The normalized spacial score (nSPS) is 19.7. The fraction of sp³-hybridized carbons (Fsp3) is 0.444. The second-order valence-corrected chi connectivity index (χ2v) is 7.49. The molecule has 6 heteroatoms. The first-order chi connectivity index (χ1) is 11.7. The lowest BCUT2D eigenvalue weighted by atomic mass is 10.1. The van der Waals surface area contributed by atoms with Crippen LogP contribution in [-0.4, -0.2) is 52.3 Å². The number of rotatable bonds is 6. The molecule has 0 saturated carbocycles. The number of halogens is 1. The van der Waals surface area contributed by atoms with Crippen molar-refractivity contribution < 1.29 is 10.2 Å². The van der Waals surface area contributed by atoms with E-state index in [2.05, 4.69) is 26.6 Å². The van der Waals surface area contributed by atoms with Gasteiger partial charge in [0.2, 0.25) is 0 Å². The molecule has 0 aliphatic carbocycles.